The van der Waals surface area contributed by atoms with Gasteiger partial charge in [-0.05, 0) is 55.7 Å². The summed E-state index contributed by atoms with van der Waals surface area (Å²) in [5, 5.41) is 13.3. The van der Waals surface area contributed by atoms with E-state index in [-0.39, 0.29) is 17.7 Å². The Morgan fingerprint density at radius 3 is 2.71 bits per heavy atom. The number of nitrogens with zero attached hydrogens (tertiary/aromatic N) is 4. The number of halogens is 1. The molecular formula is C23H30FN5O2. The van der Waals surface area contributed by atoms with Gasteiger partial charge in [0.1, 0.15) is 11.3 Å². The molecule has 7 nitrogen and oxygen atoms in total. The lowest BCUT2D eigenvalue weighted by molar-refractivity contribution is 0.0636. The fourth-order valence-corrected chi connectivity index (χ4v) is 4.91. The Balaban J connectivity index is 1.31. The Bertz CT molecular complexity index is 1030. The maximum absolute atomic E-state index is 14.6. The molecule has 2 aliphatic rings. The van der Waals surface area contributed by atoms with E-state index in [1.165, 1.54) is 17.2 Å². The average molecular weight is 428 g/mol. The van der Waals surface area contributed by atoms with E-state index in [2.05, 4.69) is 20.6 Å². The van der Waals surface area contributed by atoms with Crippen molar-refractivity contribution in [1.82, 2.24) is 25.2 Å². The molecule has 0 spiro atoms. The number of aromatic nitrogens is 4. The number of hydrogen-bond acceptors (Lipinski definition) is 6. The third-order valence-electron chi connectivity index (χ3n) is 6.56. The highest BCUT2D eigenvalue weighted by Crippen LogP contribution is 2.34. The van der Waals surface area contributed by atoms with E-state index in [9.17, 15) is 4.39 Å². The van der Waals surface area contributed by atoms with Crippen LogP contribution in [0.3, 0.4) is 0 Å². The molecule has 3 aromatic rings. The first-order chi connectivity index (χ1) is 15.1. The SMILES string of the molecule is CC(C)c1nn(-c2noc([C@H]3CC[C@@H](NC4CCCOC4)CC3)n2)c2c(F)cccc12. The van der Waals surface area contributed by atoms with Crippen LogP contribution in [0.1, 0.15) is 75.8 Å². The smallest absolute Gasteiger partial charge is 0.291 e. The summed E-state index contributed by atoms with van der Waals surface area (Å²) in [5.74, 6) is 0.992. The Morgan fingerprint density at radius 1 is 1.13 bits per heavy atom. The van der Waals surface area contributed by atoms with Crippen LogP contribution in [0.4, 0.5) is 4.39 Å². The van der Waals surface area contributed by atoms with E-state index in [0.717, 1.165) is 56.4 Å². The zero-order valence-corrected chi connectivity index (χ0v) is 18.2. The number of para-hydroxylation sites is 1. The molecule has 0 amide bonds. The molecule has 1 aromatic carbocycles. The molecular weight excluding hydrogens is 397 g/mol. The summed E-state index contributed by atoms with van der Waals surface area (Å²) >= 11 is 0. The highest BCUT2D eigenvalue weighted by molar-refractivity contribution is 5.84. The molecule has 0 bridgehead atoms. The predicted octanol–water partition coefficient (Wildman–Crippen LogP) is 4.47. The first-order valence-electron chi connectivity index (χ1n) is 11.4. The molecule has 166 valence electrons. The minimum absolute atomic E-state index is 0.161. The summed E-state index contributed by atoms with van der Waals surface area (Å²) < 4.78 is 27.3. The Labute approximate surface area is 181 Å². The molecule has 3 heterocycles. The molecule has 2 aromatic heterocycles. The summed E-state index contributed by atoms with van der Waals surface area (Å²) in [7, 11) is 0. The standard InChI is InChI=1S/C23H30FN5O2/c1-14(2)20-18-6-3-7-19(24)21(18)29(27-20)23-26-22(31-28-23)15-8-10-16(11-9-15)25-17-5-4-12-30-13-17/h3,6-7,14-17,25H,4-5,8-13H2,1-2H3/t15-,16+,17?. The van der Waals surface area contributed by atoms with Crippen LogP contribution in [0.2, 0.25) is 0 Å². The molecule has 0 radical (unpaired) electrons. The number of nitrogens with one attached hydrogen (secondary N) is 1. The monoisotopic (exact) mass is 427 g/mol. The van der Waals surface area contributed by atoms with Crippen molar-refractivity contribution in [2.24, 2.45) is 0 Å². The van der Waals surface area contributed by atoms with E-state index in [1.807, 2.05) is 19.9 Å². The lowest BCUT2D eigenvalue weighted by Gasteiger charge is -2.32. The van der Waals surface area contributed by atoms with Crippen molar-refractivity contribution in [1.29, 1.82) is 0 Å². The van der Waals surface area contributed by atoms with Crippen LogP contribution in [0.25, 0.3) is 16.9 Å². The topological polar surface area (TPSA) is 78.0 Å². The van der Waals surface area contributed by atoms with Crippen LogP contribution in [-0.2, 0) is 4.74 Å². The summed E-state index contributed by atoms with van der Waals surface area (Å²) in [6.45, 7) is 5.80. The largest absolute Gasteiger partial charge is 0.380 e. The zero-order valence-electron chi connectivity index (χ0n) is 18.2. The molecule has 1 atom stereocenters. The fraction of sp³-hybridized carbons (Fsp3) is 0.609. The molecule has 1 N–H and O–H groups in total. The molecule has 2 fully saturated rings. The Morgan fingerprint density at radius 2 is 1.97 bits per heavy atom. The van der Waals surface area contributed by atoms with Crippen LogP contribution >= 0.6 is 0 Å². The van der Waals surface area contributed by atoms with E-state index >= 15 is 0 Å². The second-order valence-electron chi connectivity index (χ2n) is 9.15. The van der Waals surface area contributed by atoms with Gasteiger partial charge in [0.05, 0.1) is 12.3 Å². The van der Waals surface area contributed by atoms with Crippen LogP contribution in [0.5, 0.6) is 0 Å². The molecule has 1 aliphatic heterocycles. The van der Waals surface area contributed by atoms with Crippen molar-refractivity contribution in [2.45, 2.75) is 76.3 Å². The van der Waals surface area contributed by atoms with Crippen LogP contribution in [0, 0.1) is 5.82 Å². The Kier molecular flexibility index (Phi) is 5.75. The quantitative estimate of drug-likeness (QED) is 0.648. The van der Waals surface area contributed by atoms with Crippen molar-refractivity contribution >= 4 is 10.9 Å². The minimum Gasteiger partial charge on any atom is -0.380 e. The van der Waals surface area contributed by atoms with Crippen LogP contribution in [0.15, 0.2) is 22.7 Å². The minimum atomic E-state index is -0.332. The van der Waals surface area contributed by atoms with Crippen LogP contribution in [-0.4, -0.2) is 45.2 Å². The van der Waals surface area contributed by atoms with Crippen molar-refractivity contribution in [3.05, 3.63) is 35.6 Å². The average Bonchev–Trinajstić information content (AvgIpc) is 3.41. The van der Waals surface area contributed by atoms with Gasteiger partial charge in [-0.1, -0.05) is 26.0 Å². The second kappa shape index (κ2) is 8.67. The maximum Gasteiger partial charge on any atom is 0.291 e. The van der Waals surface area contributed by atoms with E-state index < -0.39 is 0 Å². The van der Waals surface area contributed by atoms with Gasteiger partial charge in [0.2, 0.25) is 5.89 Å². The summed E-state index contributed by atoms with van der Waals surface area (Å²) in [6, 6.07) is 6.04. The van der Waals surface area contributed by atoms with Crippen LogP contribution < -0.4 is 5.32 Å². The van der Waals surface area contributed by atoms with Crippen molar-refractivity contribution < 1.29 is 13.7 Å². The normalized spacial score (nSPS) is 24.8. The van der Waals surface area contributed by atoms with Gasteiger partial charge in [0.25, 0.3) is 5.95 Å². The van der Waals surface area contributed by atoms with E-state index in [4.69, 9.17) is 9.26 Å². The molecule has 31 heavy (non-hydrogen) atoms. The summed E-state index contributed by atoms with van der Waals surface area (Å²) in [4.78, 5) is 4.62. The predicted molar refractivity (Wildman–Crippen MR) is 115 cm³/mol. The maximum atomic E-state index is 14.6. The third kappa shape index (κ3) is 4.11. The van der Waals surface area contributed by atoms with Crippen molar-refractivity contribution in [3.8, 4) is 5.95 Å². The number of rotatable bonds is 5. The molecule has 8 heteroatoms. The molecule has 1 unspecified atom stereocenters. The lowest BCUT2D eigenvalue weighted by Crippen LogP contribution is -2.44. The van der Waals surface area contributed by atoms with Gasteiger partial charge in [-0.2, -0.15) is 14.8 Å². The summed E-state index contributed by atoms with van der Waals surface area (Å²) in [5.41, 5.74) is 1.24. The number of fused-ring (bicyclic) bond motifs is 1. The number of ether oxygens (including phenoxy) is 1. The van der Waals surface area contributed by atoms with Gasteiger partial charge in [-0.3, -0.25) is 0 Å². The van der Waals surface area contributed by atoms with E-state index in [0.29, 0.717) is 29.4 Å². The zero-order chi connectivity index (χ0) is 21.4. The second-order valence-corrected chi connectivity index (χ2v) is 9.15. The molecule has 1 saturated heterocycles. The molecule has 1 aliphatic carbocycles. The highest BCUT2D eigenvalue weighted by atomic mass is 19.1. The molecule has 5 rings (SSSR count). The van der Waals surface area contributed by atoms with E-state index in [1.54, 1.807) is 6.07 Å². The van der Waals surface area contributed by atoms with Crippen molar-refractivity contribution in [3.63, 3.8) is 0 Å². The van der Waals surface area contributed by atoms with Crippen molar-refractivity contribution in [2.75, 3.05) is 13.2 Å². The number of hydrogen-bond donors (Lipinski definition) is 1. The van der Waals surface area contributed by atoms with Gasteiger partial charge in [0, 0.05) is 30.0 Å². The first-order valence-corrected chi connectivity index (χ1v) is 11.4. The van der Waals surface area contributed by atoms with Gasteiger partial charge >= 0.3 is 0 Å². The van der Waals surface area contributed by atoms with Gasteiger partial charge in [-0.15, -0.1) is 0 Å². The van der Waals surface area contributed by atoms with Gasteiger partial charge in [0.15, 0.2) is 0 Å². The van der Waals surface area contributed by atoms with Gasteiger partial charge in [-0.25, -0.2) is 4.39 Å². The first kappa shape index (κ1) is 20.6. The molecule has 1 saturated carbocycles. The summed E-state index contributed by atoms with van der Waals surface area (Å²) in [6.07, 6.45) is 6.49. The fourth-order valence-electron chi connectivity index (χ4n) is 4.91. The highest BCUT2D eigenvalue weighted by Gasteiger charge is 2.29. The lowest BCUT2D eigenvalue weighted by atomic mass is 9.85. The third-order valence-corrected chi connectivity index (χ3v) is 6.56. The van der Waals surface area contributed by atoms with Gasteiger partial charge < -0.3 is 14.6 Å². The Hall–Kier alpha value is -2.32. The number of benzene rings is 1.